The van der Waals surface area contributed by atoms with Gasteiger partial charge in [0.1, 0.15) is 18.3 Å². The van der Waals surface area contributed by atoms with E-state index in [0.29, 0.717) is 0 Å². The second-order valence-electron chi connectivity index (χ2n) is 2.94. The average molecular weight is 182 g/mol. The molecule has 4 atom stereocenters. The lowest BCUT2D eigenvalue weighted by Crippen LogP contribution is -2.62. The third-order valence-electron chi connectivity index (χ3n) is 2.28. The van der Waals surface area contributed by atoms with Gasteiger partial charge in [-0.1, -0.05) is 0 Å². The highest BCUT2D eigenvalue weighted by Gasteiger charge is 2.43. The van der Waals surface area contributed by atoms with Gasteiger partial charge in [0.25, 0.3) is 0 Å². The fraction of sp³-hybridized carbons (Fsp3) is 1.00. The van der Waals surface area contributed by atoms with Crippen molar-refractivity contribution >= 4 is 12.4 Å². The van der Waals surface area contributed by atoms with Gasteiger partial charge in [0.15, 0.2) is 0 Å². The minimum absolute atomic E-state index is 0. The Labute approximate surface area is 70.9 Å². The topological polar surface area (TPSA) is 61.7 Å². The molecule has 1 aliphatic carbocycles. The van der Waals surface area contributed by atoms with Gasteiger partial charge >= 0.3 is 0 Å². The molecular formula is C6H12ClNO3. The van der Waals surface area contributed by atoms with Crippen molar-refractivity contribution < 1.29 is 15.1 Å². The maximum Gasteiger partial charge on any atom is 0.110 e. The van der Waals surface area contributed by atoms with Gasteiger partial charge in [0.05, 0.1) is 6.04 Å². The molecule has 3 rings (SSSR count). The summed E-state index contributed by atoms with van der Waals surface area (Å²) in [7, 11) is 0. The Bertz CT molecular complexity index is 118. The van der Waals surface area contributed by atoms with Gasteiger partial charge in [0, 0.05) is 0 Å². The Morgan fingerprint density at radius 3 is 2.18 bits per heavy atom. The van der Waals surface area contributed by atoms with Crippen LogP contribution in [-0.2, 0) is 4.84 Å². The molecule has 3 fully saturated rings. The first kappa shape index (κ1) is 9.22. The van der Waals surface area contributed by atoms with Crippen LogP contribution < -0.4 is 5.48 Å². The highest BCUT2D eigenvalue weighted by molar-refractivity contribution is 5.85. The molecule has 0 aromatic rings. The summed E-state index contributed by atoms with van der Waals surface area (Å²) in [5.74, 6) is 0. The number of halogens is 1. The van der Waals surface area contributed by atoms with Crippen LogP contribution in [0.3, 0.4) is 0 Å². The van der Waals surface area contributed by atoms with E-state index in [0.717, 1.165) is 12.8 Å². The smallest absolute Gasteiger partial charge is 0.110 e. The normalized spacial score (nSPS) is 48.5. The van der Waals surface area contributed by atoms with E-state index in [4.69, 9.17) is 4.84 Å². The van der Waals surface area contributed by atoms with Crippen LogP contribution in [0.15, 0.2) is 0 Å². The molecule has 2 saturated heterocycles. The molecule has 11 heavy (non-hydrogen) atoms. The van der Waals surface area contributed by atoms with Gasteiger partial charge in [-0.15, -0.1) is 12.4 Å². The summed E-state index contributed by atoms with van der Waals surface area (Å²) < 4.78 is 0. The molecule has 5 heteroatoms. The Morgan fingerprint density at radius 2 is 1.91 bits per heavy atom. The molecule has 4 nitrogen and oxygen atoms in total. The highest BCUT2D eigenvalue weighted by Crippen LogP contribution is 2.26. The van der Waals surface area contributed by atoms with Crippen molar-refractivity contribution in [1.29, 1.82) is 0 Å². The average Bonchev–Trinajstić information content (AvgIpc) is 2.00. The van der Waals surface area contributed by atoms with Crippen molar-refractivity contribution in [2.45, 2.75) is 37.2 Å². The summed E-state index contributed by atoms with van der Waals surface area (Å²) in [5.41, 5.74) is 2.69. The predicted molar refractivity (Wildman–Crippen MR) is 40.3 cm³/mol. The van der Waals surface area contributed by atoms with Gasteiger partial charge in [-0.25, -0.2) is 0 Å². The molecule has 2 heterocycles. The van der Waals surface area contributed by atoms with E-state index in [1.165, 1.54) is 0 Å². The summed E-state index contributed by atoms with van der Waals surface area (Å²) in [6, 6.07) is -0.0694. The zero-order chi connectivity index (χ0) is 7.14. The van der Waals surface area contributed by atoms with Gasteiger partial charge in [-0.05, 0) is 12.8 Å². The van der Waals surface area contributed by atoms with E-state index in [9.17, 15) is 10.2 Å². The molecular weight excluding hydrogens is 170 g/mol. The summed E-state index contributed by atoms with van der Waals surface area (Å²) in [4.78, 5) is 5.00. The molecule has 3 aliphatic rings. The molecule has 66 valence electrons. The first-order chi connectivity index (χ1) is 4.79. The number of nitrogens with one attached hydrogen (secondary N) is 1. The van der Waals surface area contributed by atoms with Gasteiger partial charge in [0.2, 0.25) is 0 Å². The second kappa shape index (κ2) is 3.25. The van der Waals surface area contributed by atoms with E-state index < -0.39 is 12.2 Å². The van der Waals surface area contributed by atoms with Crippen LogP contribution in [0.25, 0.3) is 0 Å². The number of aliphatic hydroxyl groups is 2. The second-order valence-corrected chi connectivity index (χ2v) is 2.94. The molecule has 0 amide bonds. The molecule has 0 unspecified atom stereocenters. The van der Waals surface area contributed by atoms with Crippen LogP contribution in [-0.4, -0.2) is 34.6 Å². The Kier molecular flexibility index (Phi) is 2.72. The van der Waals surface area contributed by atoms with Gasteiger partial charge in [-0.3, -0.25) is 4.84 Å². The summed E-state index contributed by atoms with van der Waals surface area (Å²) in [6.45, 7) is 0. The van der Waals surface area contributed by atoms with Crippen LogP contribution >= 0.6 is 12.4 Å². The quantitative estimate of drug-likeness (QED) is 0.458. The van der Waals surface area contributed by atoms with Crippen molar-refractivity contribution in [3.8, 4) is 0 Å². The maximum absolute atomic E-state index is 9.28. The molecule has 0 aromatic heterocycles. The van der Waals surface area contributed by atoms with Crippen molar-refractivity contribution in [2.24, 2.45) is 0 Å². The monoisotopic (exact) mass is 181 g/mol. The van der Waals surface area contributed by atoms with Gasteiger partial charge < -0.3 is 10.2 Å². The Hall–Kier alpha value is 0.130. The maximum atomic E-state index is 9.28. The van der Waals surface area contributed by atoms with Crippen LogP contribution in [0.5, 0.6) is 0 Å². The van der Waals surface area contributed by atoms with Crippen molar-refractivity contribution in [3.05, 3.63) is 0 Å². The van der Waals surface area contributed by atoms with Crippen LogP contribution in [0.1, 0.15) is 12.8 Å². The van der Waals surface area contributed by atoms with E-state index in [1.807, 2.05) is 0 Å². The van der Waals surface area contributed by atoms with E-state index in [-0.39, 0.29) is 24.6 Å². The van der Waals surface area contributed by atoms with Crippen molar-refractivity contribution in [2.75, 3.05) is 0 Å². The number of hydroxylamine groups is 1. The fourth-order valence-electron chi connectivity index (χ4n) is 1.58. The van der Waals surface area contributed by atoms with Crippen LogP contribution in [0, 0.1) is 0 Å². The van der Waals surface area contributed by atoms with E-state index in [2.05, 4.69) is 5.48 Å². The molecule has 0 radical (unpaired) electrons. The third kappa shape index (κ3) is 1.37. The lowest BCUT2D eigenvalue weighted by atomic mass is 9.87. The molecule has 3 N–H and O–H groups in total. The summed E-state index contributed by atoms with van der Waals surface area (Å²) >= 11 is 0. The number of hydrogen-bond donors (Lipinski definition) is 3. The Morgan fingerprint density at radius 1 is 1.18 bits per heavy atom. The lowest BCUT2D eigenvalue weighted by Gasteiger charge is -2.43. The van der Waals surface area contributed by atoms with Crippen molar-refractivity contribution in [3.63, 3.8) is 0 Å². The molecule has 0 aromatic carbocycles. The van der Waals surface area contributed by atoms with Gasteiger partial charge in [-0.2, -0.15) is 5.48 Å². The van der Waals surface area contributed by atoms with E-state index >= 15 is 0 Å². The SMILES string of the molecule is Cl.O[C@@H]1[C@H](O)[C@@H]2CC[C@H]1ON2. The van der Waals surface area contributed by atoms with Crippen LogP contribution in [0.4, 0.5) is 0 Å². The molecule has 2 bridgehead atoms. The zero-order valence-corrected chi connectivity index (χ0v) is 6.75. The zero-order valence-electron chi connectivity index (χ0n) is 5.93. The fourth-order valence-corrected chi connectivity index (χ4v) is 1.58. The number of fused-ring (bicyclic) bond motifs is 3. The first-order valence-corrected chi connectivity index (χ1v) is 3.56. The molecule has 1 saturated carbocycles. The number of rotatable bonds is 0. The highest BCUT2D eigenvalue weighted by atomic mass is 35.5. The number of hydrogen-bond acceptors (Lipinski definition) is 4. The largest absolute Gasteiger partial charge is 0.389 e. The standard InChI is InChI=1S/C6H11NO3.ClH/c8-5-3-1-2-4(6(5)9)10-7-3;/h3-9H,1-2H2;1H/t3-,4+,5+,6-;/m0./s1. The predicted octanol–water partition coefficient (Wildman–Crippen LogP) is -0.804. The minimum atomic E-state index is -0.694. The molecule has 0 spiro atoms. The first-order valence-electron chi connectivity index (χ1n) is 3.56. The Balaban J connectivity index is 0.000000605. The molecule has 2 aliphatic heterocycles. The summed E-state index contributed by atoms with van der Waals surface area (Å²) in [5, 5.41) is 18.5. The van der Waals surface area contributed by atoms with Crippen molar-refractivity contribution in [1.82, 2.24) is 5.48 Å². The van der Waals surface area contributed by atoms with Crippen LogP contribution in [0.2, 0.25) is 0 Å². The third-order valence-corrected chi connectivity index (χ3v) is 2.28. The lowest BCUT2D eigenvalue weighted by molar-refractivity contribution is -0.221. The summed E-state index contributed by atoms with van der Waals surface area (Å²) in [6.07, 6.45) is 0.186. The minimum Gasteiger partial charge on any atom is -0.389 e. The number of aliphatic hydroxyl groups excluding tert-OH is 2. The van der Waals surface area contributed by atoms with E-state index in [1.54, 1.807) is 0 Å².